The third kappa shape index (κ3) is 3.83. The summed E-state index contributed by atoms with van der Waals surface area (Å²) in [5.74, 6) is 0.837. The molecule has 1 aromatic carbocycles. The van der Waals surface area contributed by atoms with Crippen LogP contribution in [0.25, 0.3) is 0 Å². The van der Waals surface area contributed by atoms with Gasteiger partial charge in [-0.15, -0.1) is 0 Å². The zero-order valence-corrected chi connectivity index (χ0v) is 10.2. The van der Waals surface area contributed by atoms with Crippen molar-refractivity contribution < 1.29 is 14.6 Å². The van der Waals surface area contributed by atoms with E-state index in [0.717, 1.165) is 11.3 Å². The average Bonchev–Trinajstić information content (AvgIpc) is 2.29. The minimum absolute atomic E-state index is 0.124. The summed E-state index contributed by atoms with van der Waals surface area (Å²) in [5, 5.41) is 9.09. The maximum absolute atomic E-state index is 9.09. The van der Waals surface area contributed by atoms with Gasteiger partial charge in [-0.05, 0) is 6.07 Å². The van der Waals surface area contributed by atoms with Crippen molar-refractivity contribution in [1.29, 1.82) is 0 Å². The fourth-order valence-corrected chi connectivity index (χ4v) is 1.31. The Morgan fingerprint density at radius 3 is 2.56 bits per heavy atom. The van der Waals surface area contributed by atoms with Crippen molar-refractivity contribution in [3.05, 3.63) is 29.8 Å². The molecule has 0 aliphatic heterocycles. The highest BCUT2D eigenvalue weighted by molar-refractivity contribution is 5.32. The third-order valence-corrected chi connectivity index (χ3v) is 2.37. The second-order valence-electron chi connectivity index (χ2n) is 4.63. The van der Waals surface area contributed by atoms with Crippen molar-refractivity contribution in [3.8, 4) is 5.75 Å². The van der Waals surface area contributed by atoms with Gasteiger partial charge in [0.15, 0.2) is 0 Å². The molecule has 0 atom stereocenters. The number of aliphatic hydroxyl groups is 1. The lowest BCUT2D eigenvalue weighted by Crippen LogP contribution is -2.23. The van der Waals surface area contributed by atoms with Crippen molar-refractivity contribution in [2.45, 2.75) is 20.5 Å². The molecule has 0 aliphatic carbocycles. The summed E-state index contributed by atoms with van der Waals surface area (Å²) >= 11 is 0. The van der Waals surface area contributed by atoms with E-state index in [1.54, 1.807) is 7.11 Å². The summed E-state index contributed by atoms with van der Waals surface area (Å²) in [7, 11) is 1.65. The maximum Gasteiger partial charge on any atom is 0.124 e. The summed E-state index contributed by atoms with van der Waals surface area (Å²) in [5.41, 5.74) is 0.834. The number of rotatable bonds is 6. The average molecular weight is 224 g/mol. The molecule has 3 heteroatoms. The zero-order valence-electron chi connectivity index (χ0n) is 10.2. The summed E-state index contributed by atoms with van der Waals surface area (Å²) in [6.07, 6.45) is 0. The molecule has 0 radical (unpaired) electrons. The lowest BCUT2D eigenvalue weighted by atomic mass is 9.97. The molecule has 1 N–H and O–H groups in total. The van der Waals surface area contributed by atoms with Crippen LogP contribution in [0.5, 0.6) is 5.75 Å². The van der Waals surface area contributed by atoms with Crippen LogP contribution in [0.4, 0.5) is 0 Å². The van der Waals surface area contributed by atoms with Gasteiger partial charge in [-0.25, -0.2) is 0 Å². The number of hydrogen-bond donors (Lipinski definition) is 1. The minimum atomic E-state index is -0.192. The number of ether oxygens (including phenoxy) is 2. The van der Waals surface area contributed by atoms with E-state index >= 15 is 0 Å². The first-order chi connectivity index (χ1) is 7.59. The first-order valence-corrected chi connectivity index (χ1v) is 5.39. The van der Waals surface area contributed by atoms with Gasteiger partial charge in [-0.2, -0.15) is 0 Å². The van der Waals surface area contributed by atoms with Crippen LogP contribution in [0.2, 0.25) is 0 Å². The standard InChI is InChI=1S/C13H20O3/c1-13(2,9-14)10-16-8-11-6-4-5-7-12(11)15-3/h4-7,14H,8-10H2,1-3H3. The van der Waals surface area contributed by atoms with Crippen LogP contribution < -0.4 is 4.74 Å². The molecule has 0 unspecified atom stereocenters. The molecule has 0 saturated heterocycles. The molecular formula is C13H20O3. The van der Waals surface area contributed by atoms with Gasteiger partial charge in [0.05, 0.1) is 26.9 Å². The lowest BCUT2D eigenvalue weighted by Gasteiger charge is -2.21. The molecule has 0 spiro atoms. The topological polar surface area (TPSA) is 38.7 Å². The fourth-order valence-electron chi connectivity index (χ4n) is 1.31. The highest BCUT2D eigenvalue weighted by Crippen LogP contribution is 2.20. The summed E-state index contributed by atoms with van der Waals surface area (Å²) < 4.78 is 10.8. The van der Waals surface area contributed by atoms with Crippen molar-refractivity contribution >= 4 is 0 Å². The Morgan fingerprint density at radius 1 is 1.25 bits per heavy atom. The Balaban J connectivity index is 2.49. The van der Waals surface area contributed by atoms with E-state index in [1.165, 1.54) is 0 Å². The molecule has 0 fully saturated rings. The molecule has 1 rings (SSSR count). The van der Waals surface area contributed by atoms with Crippen LogP contribution in [-0.4, -0.2) is 25.4 Å². The fraction of sp³-hybridized carbons (Fsp3) is 0.538. The summed E-state index contributed by atoms with van der Waals surface area (Å²) in [6, 6.07) is 7.78. The van der Waals surface area contributed by atoms with Gasteiger partial charge < -0.3 is 14.6 Å². The van der Waals surface area contributed by atoms with Gasteiger partial charge in [0.1, 0.15) is 5.75 Å². The number of para-hydroxylation sites is 1. The molecule has 1 aromatic rings. The highest BCUT2D eigenvalue weighted by atomic mass is 16.5. The van der Waals surface area contributed by atoms with Crippen LogP contribution in [0.15, 0.2) is 24.3 Å². The predicted molar refractivity (Wildman–Crippen MR) is 63.5 cm³/mol. The molecule has 0 heterocycles. The molecule has 0 aliphatic rings. The zero-order chi connectivity index (χ0) is 12.0. The Labute approximate surface area is 97.0 Å². The first-order valence-electron chi connectivity index (χ1n) is 5.39. The van der Waals surface area contributed by atoms with E-state index in [0.29, 0.717) is 13.2 Å². The Kier molecular flexibility index (Phi) is 4.77. The van der Waals surface area contributed by atoms with E-state index in [9.17, 15) is 0 Å². The monoisotopic (exact) mass is 224 g/mol. The Morgan fingerprint density at radius 2 is 1.94 bits per heavy atom. The molecular weight excluding hydrogens is 204 g/mol. The summed E-state index contributed by atoms with van der Waals surface area (Å²) in [4.78, 5) is 0. The van der Waals surface area contributed by atoms with Crippen LogP contribution in [0.3, 0.4) is 0 Å². The normalized spacial score (nSPS) is 11.5. The van der Waals surface area contributed by atoms with Crippen molar-refractivity contribution in [2.75, 3.05) is 20.3 Å². The van der Waals surface area contributed by atoms with E-state index in [2.05, 4.69) is 0 Å². The number of aliphatic hydroxyl groups excluding tert-OH is 1. The van der Waals surface area contributed by atoms with E-state index in [4.69, 9.17) is 14.6 Å². The summed E-state index contributed by atoms with van der Waals surface area (Å²) in [6.45, 7) is 5.10. The second-order valence-corrected chi connectivity index (χ2v) is 4.63. The van der Waals surface area contributed by atoms with Gasteiger partial charge in [0.2, 0.25) is 0 Å². The van der Waals surface area contributed by atoms with E-state index in [1.807, 2.05) is 38.1 Å². The number of benzene rings is 1. The van der Waals surface area contributed by atoms with Gasteiger partial charge in [0, 0.05) is 11.0 Å². The maximum atomic E-state index is 9.09. The van der Waals surface area contributed by atoms with Crippen molar-refractivity contribution in [2.24, 2.45) is 5.41 Å². The van der Waals surface area contributed by atoms with E-state index in [-0.39, 0.29) is 12.0 Å². The van der Waals surface area contributed by atoms with Gasteiger partial charge in [0.25, 0.3) is 0 Å². The molecule has 90 valence electrons. The van der Waals surface area contributed by atoms with Crippen LogP contribution in [0, 0.1) is 5.41 Å². The van der Waals surface area contributed by atoms with Gasteiger partial charge in [-0.3, -0.25) is 0 Å². The predicted octanol–water partition coefficient (Wildman–Crippen LogP) is 2.23. The van der Waals surface area contributed by atoms with Gasteiger partial charge in [-0.1, -0.05) is 32.0 Å². The Hall–Kier alpha value is -1.06. The van der Waals surface area contributed by atoms with Gasteiger partial charge >= 0.3 is 0 Å². The number of methoxy groups -OCH3 is 1. The lowest BCUT2D eigenvalue weighted by molar-refractivity contribution is 0.0191. The molecule has 0 bridgehead atoms. The van der Waals surface area contributed by atoms with Crippen molar-refractivity contribution in [3.63, 3.8) is 0 Å². The Bertz CT molecular complexity index is 321. The molecule has 0 amide bonds. The second kappa shape index (κ2) is 5.87. The largest absolute Gasteiger partial charge is 0.496 e. The van der Waals surface area contributed by atoms with Crippen molar-refractivity contribution in [1.82, 2.24) is 0 Å². The molecule has 0 saturated carbocycles. The van der Waals surface area contributed by atoms with Crippen LogP contribution in [0.1, 0.15) is 19.4 Å². The quantitative estimate of drug-likeness (QED) is 0.805. The van der Waals surface area contributed by atoms with Crippen LogP contribution in [-0.2, 0) is 11.3 Å². The minimum Gasteiger partial charge on any atom is -0.496 e. The molecule has 16 heavy (non-hydrogen) atoms. The van der Waals surface area contributed by atoms with E-state index < -0.39 is 0 Å². The third-order valence-electron chi connectivity index (χ3n) is 2.37. The SMILES string of the molecule is COc1ccccc1COCC(C)(C)CO. The first kappa shape index (κ1) is 13.0. The number of hydrogen-bond acceptors (Lipinski definition) is 3. The smallest absolute Gasteiger partial charge is 0.124 e. The molecule has 0 aromatic heterocycles. The highest BCUT2D eigenvalue weighted by Gasteiger charge is 2.16. The van der Waals surface area contributed by atoms with Crippen LogP contribution >= 0.6 is 0 Å². The molecule has 3 nitrogen and oxygen atoms in total.